The summed E-state index contributed by atoms with van der Waals surface area (Å²) in [4.78, 5) is 8.35. The number of rotatable bonds is 10. The molecule has 0 aliphatic heterocycles. The first-order chi connectivity index (χ1) is 22.0. The van der Waals surface area contributed by atoms with Gasteiger partial charge in [-0.1, -0.05) is 36.0 Å². The highest BCUT2D eigenvalue weighted by atomic mass is 32.2. The first kappa shape index (κ1) is 14.0. The van der Waals surface area contributed by atoms with Gasteiger partial charge in [-0.2, -0.15) is 0 Å². The van der Waals surface area contributed by atoms with E-state index in [1.807, 2.05) is 0 Å². The first-order valence-corrected chi connectivity index (χ1v) is 11.6. The van der Waals surface area contributed by atoms with Crippen molar-refractivity contribution in [2.45, 2.75) is 74.4 Å². The Morgan fingerprint density at radius 3 is 2.94 bits per heavy atom. The zero-order chi connectivity index (χ0) is 37.2. The second-order valence-corrected chi connectivity index (χ2v) is 8.72. The second-order valence-electron chi connectivity index (χ2n) is 7.86. The summed E-state index contributed by atoms with van der Waals surface area (Å²) in [5.41, 5.74) is -2.37. The van der Waals surface area contributed by atoms with E-state index in [9.17, 15) is 19.7 Å². The van der Waals surface area contributed by atoms with Crippen LogP contribution in [0, 0.1) is 12.7 Å². The van der Waals surface area contributed by atoms with Gasteiger partial charge in [-0.25, -0.2) is 19.0 Å². The largest absolute Gasteiger partial charge is 0.394 e. The summed E-state index contributed by atoms with van der Waals surface area (Å²) in [5.74, 6) is -1.42. The molecule has 2 aromatic heterocycles. The number of anilines is 1. The van der Waals surface area contributed by atoms with E-state index in [-0.39, 0.29) is 23.3 Å². The van der Waals surface area contributed by atoms with E-state index < -0.39 is 83.5 Å². The number of hydrogen-bond donors (Lipinski definition) is 4. The fourth-order valence-corrected chi connectivity index (χ4v) is 4.10. The Balaban J connectivity index is 1.69. The average Bonchev–Trinajstić information content (AvgIpc) is 3.41. The van der Waals surface area contributed by atoms with Crippen molar-refractivity contribution in [2.75, 3.05) is 24.1 Å². The van der Waals surface area contributed by atoms with Gasteiger partial charge in [0.25, 0.3) is 0 Å². The van der Waals surface area contributed by atoms with Crippen molar-refractivity contribution in [1.82, 2.24) is 25.0 Å². The fraction of sp³-hybridized carbons (Fsp3) is 0.583. The molecule has 12 heteroatoms. The Bertz CT molecular complexity index is 1820. The van der Waals surface area contributed by atoms with Crippen molar-refractivity contribution < 1.29 is 42.3 Å². The predicted octanol–water partition coefficient (Wildman–Crippen LogP) is 2.18. The molecule has 0 unspecified atom stereocenters. The lowest BCUT2D eigenvalue weighted by Gasteiger charge is -2.17. The molecule has 0 saturated heterocycles. The van der Waals surface area contributed by atoms with Crippen LogP contribution < -0.4 is 5.32 Å². The molecule has 2 aliphatic carbocycles. The molecular weight excluding hydrogens is 487 g/mol. The maximum absolute atomic E-state index is 14.3. The lowest BCUT2D eigenvalue weighted by molar-refractivity contribution is -0.0629. The molecular formula is C24H31FN6O4S. The summed E-state index contributed by atoms with van der Waals surface area (Å²) in [6, 6.07) is -1.04. The van der Waals surface area contributed by atoms with Gasteiger partial charge in [-0.05, 0) is 37.0 Å². The maximum Gasteiger partial charge on any atom is 0.191 e. The Labute approximate surface area is 230 Å². The van der Waals surface area contributed by atoms with Gasteiger partial charge in [-0.3, -0.25) is 0 Å². The summed E-state index contributed by atoms with van der Waals surface area (Å²) in [7, 11) is 0. The molecule has 36 heavy (non-hydrogen) atoms. The topological polar surface area (TPSA) is 138 Å². The minimum atomic E-state index is -4.33. The molecule has 4 N–H and O–H groups in total. The summed E-state index contributed by atoms with van der Waals surface area (Å²) < 4.78 is 126. The van der Waals surface area contributed by atoms with E-state index in [0.717, 1.165) is 0 Å². The number of aliphatic hydroxyl groups is 3. The highest BCUT2D eigenvalue weighted by molar-refractivity contribution is 7.99. The molecule has 1 aromatic carbocycles. The minimum Gasteiger partial charge on any atom is -0.394 e. The SMILES string of the molecule is [2H]C([2H])(CC)Sc1nc(N[C@]2([2H])C[C@H]2c2ccc(C)c(F)c2)c2nnn([C@]3([2H])C([2H])([2H])[C@]([2H])(OC([2H])([2H])C([2H])([2H])O)[C@@]([2H])(O)[C@@]3([2H])O)c2n1. The number of aryl methyl sites for hydroxylation is 1. The smallest absolute Gasteiger partial charge is 0.191 e. The van der Waals surface area contributed by atoms with Gasteiger partial charge in [-0.15, -0.1) is 5.10 Å². The van der Waals surface area contributed by atoms with Crippen molar-refractivity contribution in [3.8, 4) is 0 Å². The van der Waals surface area contributed by atoms with Crippen molar-refractivity contribution >= 4 is 28.7 Å². The van der Waals surface area contributed by atoms with Gasteiger partial charge in [0.1, 0.15) is 18.0 Å². The van der Waals surface area contributed by atoms with Crippen LogP contribution in [0.2, 0.25) is 0 Å². The summed E-state index contributed by atoms with van der Waals surface area (Å²) in [6.45, 7) is -4.99. The van der Waals surface area contributed by atoms with Crippen molar-refractivity contribution in [2.24, 2.45) is 0 Å². The average molecular weight is 532 g/mol. The van der Waals surface area contributed by atoms with E-state index in [2.05, 4.69) is 30.3 Å². The summed E-state index contributed by atoms with van der Waals surface area (Å²) in [6.07, 6.45) is -16.9. The number of thioether (sulfide) groups is 1. The second kappa shape index (κ2) is 10.5. The third kappa shape index (κ3) is 4.92. The Kier molecular flexibility index (Phi) is 4.09. The third-order valence-corrected chi connectivity index (χ3v) is 6.25. The van der Waals surface area contributed by atoms with Crippen LogP contribution in [0.15, 0.2) is 23.4 Å². The van der Waals surface area contributed by atoms with Crippen LogP contribution in [0.5, 0.6) is 0 Å². The fourth-order valence-electron chi connectivity index (χ4n) is 3.56. The first-order valence-electron chi connectivity index (χ1n) is 17.3. The normalized spacial score (nSPS) is 45.7. The zero-order valence-electron chi connectivity index (χ0n) is 32.0. The number of hydrogen-bond acceptors (Lipinski definition) is 10. The van der Waals surface area contributed by atoms with Gasteiger partial charge in [0.2, 0.25) is 0 Å². The monoisotopic (exact) mass is 531 g/mol. The third-order valence-electron chi connectivity index (χ3n) is 5.46. The standard InChI is InChI=1S/C24H31FN6O4S/c1-3-8-36-24-27-22(26-16-10-14(16)13-5-4-12(2)15(25)9-13)19-23(28-24)31(30-29-19)17-11-18(35-7-6-32)21(34)20(17)33/h4-5,9,14,16-18,20-21,32-34H,3,6-8,10-11H2,1-2H3,(H,26,27,28)/t14-,16+,17+,18-,20-,21+/m0/s1/i6D2,7D2,8D2,11D2,16D,17D,18D,20D,21D. The minimum absolute atomic E-state index is 0.0783. The lowest BCUT2D eigenvalue weighted by Crippen LogP contribution is -2.33. The Morgan fingerprint density at radius 2 is 2.19 bits per heavy atom. The number of halogens is 1. The quantitative estimate of drug-likeness (QED) is 0.227. The lowest BCUT2D eigenvalue weighted by atomic mass is 10.1. The van der Waals surface area contributed by atoms with Crippen molar-refractivity contribution in [3.63, 3.8) is 0 Å². The number of nitrogens with one attached hydrogen (secondary N) is 1. The number of nitrogens with zero attached hydrogens (tertiary/aromatic N) is 5. The van der Waals surface area contributed by atoms with Crippen LogP contribution in [-0.4, -0.2) is 83.4 Å². The molecule has 2 aliphatic rings. The molecule has 2 saturated carbocycles. The zero-order valence-corrected chi connectivity index (χ0v) is 19.8. The number of fused-ring (bicyclic) bond motifs is 1. The summed E-state index contributed by atoms with van der Waals surface area (Å²) in [5, 5.41) is 41.8. The summed E-state index contributed by atoms with van der Waals surface area (Å²) >= 11 is 0.445. The predicted molar refractivity (Wildman–Crippen MR) is 133 cm³/mol. The molecule has 0 spiro atoms. The maximum atomic E-state index is 14.3. The number of ether oxygens (including phenoxy) is 1. The van der Waals surface area contributed by atoms with Crippen LogP contribution in [0.3, 0.4) is 0 Å². The van der Waals surface area contributed by atoms with E-state index in [1.165, 1.54) is 19.1 Å². The van der Waals surface area contributed by atoms with Gasteiger partial charge >= 0.3 is 0 Å². The van der Waals surface area contributed by atoms with Crippen LogP contribution in [0.1, 0.15) is 67.0 Å². The Hall–Kier alpha value is -2.38. The van der Waals surface area contributed by atoms with Crippen LogP contribution in [0.25, 0.3) is 11.2 Å². The van der Waals surface area contributed by atoms with Crippen molar-refractivity contribution in [1.29, 1.82) is 0 Å². The molecule has 2 heterocycles. The van der Waals surface area contributed by atoms with Gasteiger partial charge in [0.05, 0.1) is 37.6 Å². The molecule has 0 radical (unpaired) electrons. The highest BCUT2D eigenvalue weighted by Crippen LogP contribution is 2.44. The number of benzene rings is 1. The molecule has 194 valence electrons. The Morgan fingerprint density at radius 1 is 1.36 bits per heavy atom. The van der Waals surface area contributed by atoms with E-state index >= 15 is 0 Å². The molecule has 0 amide bonds. The van der Waals surface area contributed by atoms with E-state index in [4.69, 9.17) is 17.8 Å². The highest BCUT2D eigenvalue weighted by Gasteiger charge is 2.45. The van der Waals surface area contributed by atoms with Gasteiger partial charge in [0, 0.05) is 29.5 Å². The van der Waals surface area contributed by atoms with Gasteiger partial charge in [0.15, 0.2) is 22.1 Å². The molecule has 6 atom stereocenters. The molecule has 5 rings (SSSR count). The molecule has 3 aromatic rings. The van der Waals surface area contributed by atoms with Gasteiger partial charge < -0.3 is 25.4 Å². The molecule has 0 bridgehead atoms. The van der Waals surface area contributed by atoms with Crippen LogP contribution in [0.4, 0.5) is 10.2 Å². The number of aromatic nitrogens is 5. The molecule has 10 nitrogen and oxygen atoms in total. The molecule has 2 fully saturated rings. The van der Waals surface area contributed by atoms with E-state index in [1.54, 1.807) is 13.0 Å². The van der Waals surface area contributed by atoms with Crippen LogP contribution >= 0.6 is 11.8 Å². The van der Waals surface area contributed by atoms with E-state index in [0.29, 0.717) is 22.9 Å². The van der Waals surface area contributed by atoms with Crippen molar-refractivity contribution in [3.05, 3.63) is 35.1 Å². The van der Waals surface area contributed by atoms with Crippen LogP contribution in [-0.2, 0) is 4.74 Å².